The molecule has 3 unspecified atom stereocenters. The Balaban J connectivity index is 1.27. The second-order valence-electron chi connectivity index (χ2n) is 7.48. The van der Waals surface area contributed by atoms with E-state index in [9.17, 15) is 9.18 Å². The van der Waals surface area contributed by atoms with Crippen LogP contribution in [-0.2, 0) is 18.3 Å². The van der Waals surface area contributed by atoms with E-state index < -0.39 is 0 Å². The lowest BCUT2D eigenvalue weighted by atomic mass is 9.94. The lowest BCUT2D eigenvalue weighted by Gasteiger charge is -2.30. The normalized spacial score (nSPS) is 23.5. The summed E-state index contributed by atoms with van der Waals surface area (Å²) in [4.78, 5) is 23.3. The molecule has 1 saturated heterocycles. The van der Waals surface area contributed by atoms with Crippen LogP contribution in [0.2, 0.25) is 0 Å². The molecule has 0 spiro atoms. The lowest BCUT2D eigenvalue weighted by Crippen LogP contribution is -2.40. The van der Waals surface area contributed by atoms with E-state index in [0.717, 1.165) is 18.4 Å². The maximum Gasteiger partial charge on any atom is 0.230 e. The molecule has 3 atom stereocenters. The summed E-state index contributed by atoms with van der Waals surface area (Å²) in [5.74, 6) is 2.00. The van der Waals surface area contributed by atoms with Gasteiger partial charge in [0.2, 0.25) is 17.6 Å². The number of aryl methyl sites for hydroxylation is 1. The topological polar surface area (TPSA) is 89.9 Å². The molecule has 1 aliphatic heterocycles. The number of fused-ring (bicyclic) bond motifs is 2. The molecule has 0 radical (unpaired) electrons. The molecule has 1 aromatic carbocycles. The predicted octanol–water partition coefficient (Wildman–Crippen LogP) is 1.95. The zero-order valence-electron chi connectivity index (χ0n) is 15.3. The predicted molar refractivity (Wildman–Crippen MR) is 95.4 cm³/mol. The number of hydrogen-bond acceptors (Lipinski definition) is 6. The highest BCUT2D eigenvalue weighted by molar-refractivity contribution is 5.79. The van der Waals surface area contributed by atoms with Crippen molar-refractivity contribution in [2.45, 2.75) is 31.2 Å². The summed E-state index contributed by atoms with van der Waals surface area (Å²) in [5.41, 5.74) is 0.722. The molecule has 2 aromatic heterocycles. The number of carbonyl (C=O) groups excluding carboxylic acids is 1. The fraction of sp³-hybridized carbons (Fsp3) is 0.421. The Morgan fingerprint density at radius 3 is 2.79 bits per heavy atom. The zero-order chi connectivity index (χ0) is 19.3. The van der Waals surface area contributed by atoms with Gasteiger partial charge in [-0.15, -0.1) is 0 Å². The number of hydrogen-bond donors (Lipinski definition) is 0. The van der Waals surface area contributed by atoms with Gasteiger partial charge in [-0.1, -0.05) is 5.16 Å². The molecular formula is C19H19FN6O2. The first kappa shape index (κ1) is 17.0. The number of amides is 1. The summed E-state index contributed by atoms with van der Waals surface area (Å²) in [7, 11) is 1.79. The van der Waals surface area contributed by atoms with Crippen LogP contribution in [0.4, 0.5) is 4.39 Å². The van der Waals surface area contributed by atoms with Crippen LogP contribution < -0.4 is 0 Å². The highest BCUT2D eigenvalue weighted by Gasteiger charge is 2.48. The Hall–Kier alpha value is -3.10. The molecule has 5 rings (SSSR count). The molecule has 2 fully saturated rings. The van der Waals surface area contributed by atoms with E-state index in [-0.39, 0.29) is 30.1 Å². The molecule has 2 aliphatic rings. The van der Waals surface area contributed by atoms with Crippen molar-refractivity contribution >= 4 is 5.91 Å². The maximum absolute atomic E-state index is 13.1. The Kier molecular flexibility index (Phi) is 3.96. The molecule has 3 aromatic rings. The smallest absolute Gasteiger partial charge is 0.230 e. The molecule has 1 saturated carbocycles. The van der Waals surface area contributed by atoms with E-state index in [1.165, 1.54) is 18.5 Å². The summed E-state index contributed by atoms with van der Waals surface area (Å²) in [6.07, 6.45) is 3.49. The van der Waals surface area contributed by atoms with E-state index in [1.807, 2.05) is 4.90 Å². The van der Waals surface area contributed by atoms with E-state index >= 15 is 0 Å². The van der Waals surface area contributed by atoms with Gasteiger partial charge in [-0.05, 0) is 43.0 Å². The Morgan fingerprint density at radius 1 is 1.29 bits per heavy atom. The zero-order valence-corrected chi connectivity index (χ0v) is 15.3. The first-order valence-corrected chi connectivity index (χ1v) is 9.30. The van der Waals surface area contributed by atoms with Gasteiger partial charge < -0.3 is 9.42 Å². The number of nitrogens with zero attached hydrogens (tertiary/aromatic N) is 6. The van der Waals surface area contributed by atoms with E-state index in [4.69, 9.17) is 4.52 Å². The van der Waals surface area contributed by atoms with Crippen LogP contribution in [0.3, 0.4) is 0 Å². The molecular weight excluding hydrogens is 363 g/mol. The van der Waals surface area contributed by atoms with Crippen molar-refractivity contribution < 1.29 is 13.7 Å². The summed E-state index contributed by atoms with van der Waals surface area (Å²) in [6.45, 7) is 0.695. The number of aromatic nitrogens is 5. The van der Waals surface area contributed by atoms with Crippen molar-refractivity contribution in [3.05, 3.63) is 48.1 Å². The highest BCUT2D eigenvalue weighted by Crippen LogP contribution is 2.47. The molecule has 2 bridgehead atoms. The standard InChI is InChI=1S/C19H19FN6O2/c1-25-16(21-10-22-25)8-17(27)26-9-12-6-14(26)7-15(12)19-23-18(24-28-19)11-2-4-13(20)5-3-11/h2-5,10,12,14-15H,6-9H2,1H3. The molecule has 144 valence electrons. The quantitative estimate of drug-likeness (QED) is 0.685. The Bertz CT molecular complexity index is 1010. The van der Waals surface area contributed by atoms with Crippen molar-refractivity contribution in [2.75, 3.05) is 6.54 Å². The number of rotatable bonds is 4. The van der Waals surface area contributed by atoms with Crippen LogP contribution in [0.5, 0.6) is 0 Å². The van der Waals surface area contributed by atoms with E-state index in [0.29, 0.717) is 30.0 Å². The van der Waals surface area contributed by atoms with Crippen LogP contribution in [0.1, 0.15) is 30.5 Å². The van der Waals surface area contributed by atoms with Crippen molar-refractivity contribution in [1.29, 1.82) is 0 Å². The van der Waals surface area contributed by atoms with Crippen molar-refractivity contribution in [3.63, 3.8) is 0 Å². The van der Waals surface area contributed by atoms with Gasteiger partial charge >= 0.3 is 0 Å². The molecule has 9 heteroatoms. The fourth-order valence-corrected chi connectivity index (χ4v) is 4.38. The number of halogens is 1. The molecule has 3 heterocycles. The summed E-state index contributed by atoms with van der Waals surface area (Å²) < 4.78 is 20.2. The largest absolute Gasteiger partial charge is 0.339 e. The van der Waals surface area contributed by atoms with Crippen LogP contribution in [0.15, 0.2) is 35.1 Å². The minimum atomic E-state index is -0.299. The van der Waals surface area contributed by atoms with Gasteiger partial charge in [-0.3, -0.25) is 9.48 Å². The van der Waals surface area contributed by atoms with Gasteiger partial charge in [0, 0.05) is 31.1 Å². The summed E-state index contributed by atoms with van der Waals surface area (Å²) in [6, 6.07) is 6.22. The Morgan fingerprint density at radius 2 is 2.11 bits per heavy atom. The van der Waals surface area contributed by atoms with Crippen molar-refractivity contribution in [3.8, 4) is 11.4 Å². The third-order valence-corrected chi connectivity index (χ3v) is 5.84. The van der Waals surface area contributed by atoms with Crippen LogP contribution in [-0.4, -0.2) is 48.3 Å². The van der Waals surface area contributed by atoms with Crippen LogP contribution >= 0.6 is 0 Å². The number of likely N-dealkylation sites (tertiary alicyclic amines) is 1. The first-order chi connectivity index (χ1) is 13.6. The lowest BCUT2D eigenvalue weighted by molar-refractivity contribution is -0.132. The van der Waals surface area contributed by atoms with E-state index in [2.05, 4.69) is 20.2 Å². The average molecular weight is 382 g/mol. The maximum atomic E-state index is 13.1. The Labute approximate surface area is 160 Å². The molecule has 8 nitrogen and oxygen atoms in total. The monoisotopic (exact) mass is 382 g/mol. The highest BCUT2D eigenvalue weighted by atomic mass is 19.1. The molecule has 1 amide bonds. The second-order valence-corrected chi connectivity index (χ2v) is 7.48. The van der Waals surface area contributed by atoms with Crippen molar-refractivity contribution in [2.24, 2.45) is 13.0 Å². The number of benzene rings is 1. The third-order valence-electron chi connectivity index (χ3n) is 5.84. The van der Waals surface area contributed by atoms with Gasteiger partial charge in [-0.2, -0.15) is 10.1 Å². The van der Waals surface area contributed by atoms with Gasteiger partial charge in [0.15, 0.2) is 0 Å². The third kappa shape index (κ3) is 2.87. The SMILES string of the molecule is Cn1ncnc1CC(=O)N1CC2CC1CC2c1nc(-c2ccc(F)cc2)no1. The minimum absolute atomic E-state index is 0.0829. The van der Waals surface area contributed by atoms with Gasteiger partial charge in [0.25, 0.3) is 0 Å². The molecule has 0 N–H and O–H groups in total. The van der Waals surface area contributed by atoms with Crippen molar-refractivity contribution in [1.82, 2.24) is 29.8 Å². The average Bonchev–Trinajstić information content (AvgIpc) is 3.46. The first-order valence-electron chi connectivity index (χ1n) is 9.30. The van der Waals surface area contributed by atoms with Gasteiger partial charge in [0.1, 0.15) is 18.0 Å². The molecule has 28 heavy (non-hydrogen) atoms. The van der Waals surface area contributed by atoms with Crippen LogP contribution in [0.25, 0.3) is 11.4 Å². The molecule has 1 aliphatic carbocycles. The van der Waals surface area contributed by atoms with Crippen LogP contribution in [0, 0.1) is 11.7 Å². The minimum Gasteiger partial charge on any atom is -0.339 e. The number of piperidine rings is 1. The summed E-state index contributed by atoms with van der Waals surface area (Å²) >= 11 is 0. The fourth-order valence-electron chi connectivity index (χ4n) is 4.38. The number of carbonyl (C=O) groups is 1. The summed E-state index contributed by atoms with van der Waals surface area (Å²) in [5, 5.41) is 8.07. The van der Waals surface area contributed by atoms with Gasteiger partial charge in [-0.25, -0.2) is 9.37 Å². The second kappa shape index (κ2) is 6.50. The van der Waals surface area contributed by atoms with E-state index in [1.54, 1.807) is 23.9 Å². The van der Waals surface area contributed by atoms with Gasteiger partial charge in [0.05, 0.1) is 6.42 Å².